The average molecular weight is 700 g/mol. The molecule has 0 aliphatic carbocycles. The van der Waals surface area contributed by atoms with E-state index < -0.39 is 0 Å². The molecular weight excluding hydrogens is 667 g/mol. The molecule has 256 valence electrons. The van der Waals surface area contributed by atoms with Crippen molar-refractivity contribution >= 4 is 54.4 Å². The molecule has 0 spiro atoms. The van der Waals surface area contributed by atoms with Gasteiger partial charge in [-0.25, -0.2) is 9.97 Å². The lowest BCUT2D eigenvalue weighted by Gasteiger charge is -2.14. The summed E-state index contributed by atoms with van der Waals surface area (Å²) in [6, 6.07) is 71.4. The molecule has 0 radical (unpaired) electrons. The van der Waals surface area contributed by atoms with Crippen molar-refractivity contribution in [2.24, 2.45) is 0 Å². The Morgan fingerprint density at radius 3 is 1.38 bits per heavy atom. The first kappa shape index (κ1) is 31.2. The van der Waals surface area contributed by atoms with Crippen molar-refractivity contribution in [1.82, 2.24) is 14.5 Å². The summed E-state index contributed by atoms with van der Waals surface area (Å²) in [6.45, 7) is 0. The van der Waals surface area contributed by atoms with E-state index in [1.807, 2.05) is 24.3 Å². The zero-order valence-corrected chi connectivity index (χ0v) is 29.9. The summed E-state index contributed by atoms with van der Waals surface area (Å²) >= 11 is 0. The fourth-order valence-electron chi connectivity index (χ4n) is 8.35. The van der Waals surface area contributed by atoms with Crippen molar-refractivity contribution in [1.29, 1.82) is 0 Å². The number of hydrogen-bond acceptors (Lipinski definition) is 2. The van der Waals surface area contributed by atoms with Crippen LogP contribution in [0.25, 0.3) is 105 Å². The second kappa shape index (κ2) is 12.6. The Bertz CT molecular complexity index is 3160. The molecule has 0 saturated heterocycles. The second-order valence-electron chi connectivity index (χ2n) is 14.2. The smallest absolute Gasteiger partial charge is 0.0973 e. The molecule has 11 aromatic rings. The van der Waals surface area contributed by atoms with Gasteiger partial charge in [0, 0.05) is 27.6 Å². The molecule has 2 heterocycles. The minimum atomic E-state index is 0.855. The highest BCUT2D eigenvalue weighted by atomic mass is 15.0. The molecule has 2 aromatic heterocycles. The Hall–Kier alpha value is -7.36. The lowest BCUT2D eigenvalue weighted by molar-refractivity contribution is 1.18. The molecular formula is C52H33N3. The maximum atomic E-state index is 5.33. The van der Waals surface area contributed by atoms with Crippen LogP contribution < -0.4 is 0 Å². The van der Waals surface area contributed by atoms with E-state index in [1.165, 1.54) is 54.5 Å². The monoisotopic (exact) mass is 699 g/mol. The summed E-state index contributed by atoms with van der Waals surface area (Å²) in [5.41, 5.74) is 13.6. The number of hydrogen-bond donors (Lipinski definition) is 0. The van der Waals surface area contributed by atoms with Crippen LogP contribution in [0.5, 0.6) is 0 Å². The van der Waals surface area contributed by atoms with E-state index in [1.54, 1.807) is 0 Å². The quantitative estimate of drug-likeness (QED) is 0.179. The fourth-order valence-corrected chi connectivity index (χ4v) is 8.35. The highest BCUT2D eigenvalue weighted by Gasteiger charge is 2.19. The van der Waals surface area contributed by atoms with Crippen LogP contribution in [0.4, 0.5) is 0 Å². The van der Waals surface area contributed by atoms with Gasteiger partial charge in [0.1, 0.15) is 0 Å². The summed E-state index contributed by atoms with van der Waals surface area (Å²) in [7, 11) is 0. The van der Waals surface area contributed by atoms with Crippen molar-refractivity contribution < 1.29 is 0 Å². The minimum Gasteiger partial charge on any atom is -0.309 e. The summed E-state index contributed by atoms with van der Waals surface area (Å²) in [5.74, 6) is 0. The van der Waals surface area contributed by atoms with Crippen molar-refractivity contribution in [3.05, 3.63) is 200 Å². The van der Waals surface area contributed by atoms with Crippen LogP contribution in [-0.2, 0) is 0 Å². The molecule has 0 fully saturated rings. The lowest BCUT2D eigenvalue weighted by Crippen LogP contribution is -1.98. The van der Waals surface area contributed by atoms with Gasteiger partial charge in [-0.3, -0.25) is 0 Å². The average Bonchev–Trinajstić information content (AvgIpc) is 3.62. The van der Waals surface area contributed by atoms with Crippen molar-refractivity contribution in [2.45, 2.75) is 0 Å². The van der Waals surface area contributed by atoms with E-state index in [0.717, 1.165) is 50.4 Å². The van der Waals surface area contributed by atoms with Crippen LogP contribution in [0.2, 0.25) is 0 Å². The van der Waals surface area contributed by atoms with Gasteiger partial charge in [-0.2, -0.15) is 0 Å². The van der Waals surface area contributed by atoms with Crippen molar-refractivity contribution in [2.75, 3.05) is 0 Å². The number of benzene rings is 9. The maximum absolute atomic E-state index is 5.33. The molecule has 0 aliphatic heterocycles. The zero-order valence-electron chi connectivity index (χ0n) is 29.9. The van der Waals surface area contributed by atoms with Crippen LogP contribution in [-0.4, -0.2) is 14.5 Å². The zero-order chi connectivity index (χ0) is 36.3. The first-order valence-corrected chi connectivity index (χ1v) is 18.7. The van der Waals surface area contributed by atoms with Gasteiger partial charge in [0.2, 0.25) is 0 Å². The molecule has 0 aliphatic rings. The molecule has 0 saturated carbocycles. The number of nitrogens with zero attached hydrogens (tertiary/aromatic N) is 3. The molecule has 55 heavy (non-hydrogen) atoms. The molecule has 3 heteroatoms. The Kier molecular flexibility index (Phi) is 7.17. The predicted molar refractivity (Wildman–Crippen MR) is 231 cm³/mol. The lowest BCUT2D eigenvalue weighted by atomic mass is 9.97. The number of para-hydroxylation sites is 2. The Morgan fingerprint density at radius 2 is 0.764 bits per heavy atom. The van der Waals surface area contributed by atoms with Crippen LogP contribution in [0.3, 0.4) is 0 Å². The SMILES string of the molecule is c1ccc(-c2ccc(-c3cccc(-c4nc5ccccc5nc4-c4cccc(-n5c6ccc7ccccc7c6c6c7ccccc7ccc65)c4)c3)cc2)cc1. The Labute approximate surface area is 318 Å². The third kappa shape index (κ3) is 5.20. The highest BCUT2D eigenvalue weighted by molar-refractivity contribution is 6.28. The van der Waals surface area contributed by atoms with Gasteiger partial charge in [-0.15, -0.1) is 0 Å². The molecule has 0 bridgehead atoms. The molecule has 3 nitrogen and oxygen atoms in total. The van der Waals surface area contributed by atoms with Crippen LogP contribution >= 0.6 is 0 Å². The molecule has 0 amide bonds. The largest absolute Gasteiger partial charge is 0.309 e. The maximum Gasteiger partial charge on any atom is 0.0973 e. The van der Waals surface area contributed by atoms with E-state index in [4.69, 9.17) is 9.97 Å². The van der Waals surface area contributed by atoms with Crippen LogP contribution in [0.1, 0.15) is 0 Å². The molecule has 0 atom stereocenters. The topological polar surface area (TPSA) is 30.7 Å². The van der Waals surface area contributed by atoms with E-state index in [0.29, 0.717) is 0 Å². The van der Waals surface area contributed by atoms with Gasteiger partial charge in [-0.05, 0) is 86.3 Å². The summed E-state index contributed by atoms with van der Waals surface area (Å²) in [4.78, 5) is 10.6. The van der Waals surface area contributed by atoms with Gasteiger partial charge >= 0.3 is 0 Å². The number of aromatic nitrogens is 3. The van der Waals surface area contributed by atoms with E-state index >= 15 is 0 Å². The van der Waals surface area contributed by atoms with E-state index in [9.17, 15) is 0 Å². The van der Waals surface area contributed by atoms with Crippen molar-refractivity contribution in [3.8, 4) is 50.5 Å². The third-order valence-electron chi connectivity index (χ3n) is 11.0. The Balaban J connectivity index is 1.09. The van der Waals surface area contributed by atoms with Gasteiger partial charge in [0.25, 0.3) is 0 Å². The van der Waals surface area contributed by atoms with E-state index in [-0.39, 0.29) is 0 Å². The highest BCUT2D eigenvalue weighted by Crippen LogP contribution is 2.41. The summed E-state index contributed by atoms with van der Waals surface area (Å²) < 4.78 is 2.42. The molecule has 9 aromatic carbocycles. The molecule has 0 N–H and O–H groups in total. The normalized spacial score (nSPS) is 11.6. The van der Waals surface area contributed by atoms with Crippen LogP contribution in [0, 0.1) is 0 Å². The van der Waals surface area contributed by atoms with Crippen molar-refractivity contribution in [3.63, 3.8) is 0 Å². The third-order valence-corrected chi connectivity index (χ3v) is 11.0. The van der Waals surface area contributed by atoms with Gasteiger partial charge in [0.05, 0.1) is 33.5 Å². The Morgan fingerprint density at radius 1 is 0.309 bits per heavy atom. The standard InChI is InChI=1S/C52H33N3/c1-2-12-34(13-3-1)35-24-26-36(27-25-35)39-16-10-17-40(32-39)51-52(54-46-23-9-8-22-45(46)53-51)41-18-11-19-42(33-41)55-47-30-28-37-14-4-6-20-43(37)49(47)50-44-21-7-5-15-38(44)29-31-48(50)55/h1-33H. The minimum absolute atomic E-state index is 0.855. The summed E-state index contributed by atoms with van der Waals surface area (Å²) in [6.07, 6.45) is 0. The number of rotatable bonds is 5. The van der Waals surface area contributed by atoms with Gasteiger partial charge in [-0.1, -0.05) is 158 Å². The van der Waals surface area contributed by atoms with Gasteiger partial charge < -0.3 is 4.57 Å². The predicted octanol–water partition coefficient (Wildman–Crippen LogP) is 13.7. The van der Waals surface area contributed by atoms with Crippen LogP contribution in [0.15, 0.2) is 200 Å². The first-order chi connectivity index (χ1) is 27.3. The number of fused-ring (bicyclic) bond motifs is 8. The first-order valence-electron chi connectivity index (χ1n) is 18.7. The summed E-state index contributed by atoms with van der Waals surface area (Å²) in [5, 5.41) is 7.54. The fraction of sp³-hybridized carbons (Fsp3) is 0. The van der Waals surface area contributed by atoms with Gasteiger partial charge in [0.15, 0.2) is 0 Å². The van der Waals surface area contributed by atoms with E-state index in [2.05, 4.69) is 180 Å². The molecule has 0 unspecified atom stereocenters. The second-order valence-corrected chi connectivity index (χ2v) is 14.2. The molecule has 11 rings (SSSR count).